The van der Waals surface area contributed by atoms with Crippen LogP contribution < -0.4 is 4.72 Å². The fourth-order valence-corrected chi connectivity index (χ4v) is 5.02. The third-order valence-corrected chi connectivity index (χ3v) is 7.05. The van der Waals surface area contributed by atoms with E-state index >= 15 is 0 Å². The number of carbonyl (C=O) groups is 1. The van der Waals surface area contributed by atoms with E-state index in [9.17, 15) is 13.2 Å². The molecule has 4 rings (SSSR count). The van der Waals surface area contributed by atoms with Crippen LogP contribution in [0, 0.1) is 13.8 Å². The highest BCUT2D eigenvalue weighted by Crippen LogP contribution is 2.21. The molecule has 0 fully saturated rings. The van der Waals surface area contributed by atoms with Crippen molar-refractivity contribution in [2.75, 3.05) is 0 Å². The number of nitrogens with one attached hydrogen (secondary N) is 2. The zero-order valence-electron chi connectivity index (χ0n) is 17.0. The van der Waals surface area contributed by atoms with E-state index in [1.807, 2.05) is 24.3 Å². The lowest BCUT2D eigenvalue weighted by Crippen LogP contribution is -2.45. The maximum Gasteiger partial charge on any atom is 0.265 e. The molecule has 31 heavy (non-hydrogen) atoms. The van der Waals surface area contributed by atoms with Crippen molar-refractivity contribution in [1.82, 2.24) is 19.5 Å². The number of nitrogens with zero attached hydrogens (tertiary/aromatic N) is 2. The number of benzene rings is 2. The molecule has 7 nitrogen and oxygen atoms in total. The van der Waals surface area contributed by atoms with Gasteiger partial charge in [0, 0.05) is 27.3 Å². The lowest BCUT2D eigenvalue weighted by molar-refractivity contribution is 0.0851. The number of aromatic amines is 1. The van der Waals surface area contributed by atoms with Crippen molar-refractivity contribution in [2.24, 2.45) is 0 Å². The standard InChI is InChI=1S/C22H21BrN4O3S/c1-14-11-15(2)27(25-14)22(28)21(12-16-13-24-20-6-4-3-5-19(16)20)26-31(29,30)18-9-7-17(23)8-10-18/h3-11,13,21,24,26H,12H2,1-2H3/t21-/m0/s1. The average molecular weight is 501 g/mol. The van der Waals surface area contributed by atoms with Gasteiger partial charge in [0.25, 0.3) is 5.91 Å². The Hall–Kier alpha value is -2.75. The summed E-state index contributed by atoms with van der Waals surface area (Å²) in [5.41, 5.74) is 3.10. The molecule has 4 aromatic rings. The molecule has 0 spiro atoms. The summed E-state index contributed by atoms with van der Waals surface area (Å²) in [6.45, 7) is 3.56. The van der Waals surface area contributed by atoms with E-state index in [2.05, 4.69) is 30.7 Å². The molecule has 0 aliphatic carbocycles. The average Bonchev–Trinajstić information content (AvgIpc) is 3.29. The number of hydrogen-bond acceptors (Lipinski definition) is 4. The van der Waals surface area contributed by atoms with Gasteiger partial charge in [0.15, 0.2) is 0 Å². The van der Waals surface area contributed by atoms with Gasteiger partial charge in [-0.25, -0.2) is 13.1 Å². The molecule has 0 bridgehead atoms. The molecule has 2 aromatic carbocycles. The van der Waals surface area contributed by atoms with Crippen LogP contribution in [0.3, 0.4) is 0 Å². The SMILES string of the molecule is Cc1cc(C)n(C(=O)[C@H](Cc2c[nH]c3ccccc23)NS(=O)(=O)c2ccc(Br)cc2)n1. The summed E-state index contributed by atoms with van der Waals surface area (Å²) >= 11 is 3.31. The number of carbonyl (C=O) groups excluding carboxylic acids is 1. The molecule has 0 unspecified atom stereocenters. The molecule has 0 saturated carbocycles. The molecule has 1 atom stereocenters. The Kier molecular flexibility index (Phi) is 5.83. The lowest BCUT2D eigenvalue weighted by Gasteiger charge is -2.18. The van der Waals surface area contributed by atoms with E-state index in [0.717, 1.165) is 20.9 Å². The maximum absolute atomic E-state index is 13.4. The first-order chi connectivity index (χ1) is 14.7. The van der Waals surface area contributed by atoms with Gasteiger partial charge in [-0.1, -0.05) is 34.1 Å². The van der Waals surface area contributed by atoms with Gasteiger partial charge in [-0.3, -0.25) is 4.79 Å². The lowest BCUT2D eigenvalue weighted by atomic mass is 10.1. The smallest absolute Gasteiger partial charge is 0.265 e. The Labute approximate surface area is 188 Å². The quantitative estimate of drug-likeness (QED) is 0.418. The maximum atomic E-state index is 13.4. The molecule has 0 radical (unpaired) electrons. The third-order valence-electron chi connectivity index (χ3n) is 5.04. The Morgan fingerprint density at radius 2 is 1.87 bits per heavy atom. The van der Waals surface area contributed by atoms with E-state index in [1.165, 1.54) is 16.8 Å². The van der Waals surface area contributed by atoms with Gasteiger partial charge in [-0.2, -0.15) is 9.82 Å². The van der Waals surface area contributed by atoms with E-state index in [1.54, 1.807) is 38.2 Å². The molecule has 9 heteroatoms. The van der Waals surface area contributed by atoms with Crippen molar-refractivity contribution < 1.29 is 13.2 Å². The van der Waals surface area contributed by atoms with Crippen LogP contribution in [0.5, 0.6) is 0 Å². The Morgan fingerprint density at radius 3 is 2.55 bits per heavy atom. The third kappa shape index (κ3) is 4.48. The minimum absolute atomic E-state index is 0.0841. The number of H-pyrrole nitrogens is 1. The van der Waals surface area contributed by atoms with E-state index in [-0.39, 0.29) is 11.3 Å². The monoisotopic (exact) mass is 500 g/mol. The van der Waals surface area contributed by atoms with Crippen molar-refractivity contribution >= 4 is 42.8 Å². The van der Waals surface area contributed by atoms with Crippen molar-refractivity contribution in [1.29, 1.82) is 0 Å². The number of hydrogen-bond donors (Lipinski definition) is 2. The predicted molar refractivity (Wildman–Crippen MR) is 123 cm³/mol. The summed E-state index contributed by atoms with van der Waals surface area (Å²) < 4.78 is 30.7. The van der Waals surface area contributed by atoms with Crippen LogP contribution >= 0.6 is 15.9 Å². The van der Waals surface area contributed by atoms with Crippen LogP contribution in [0.4, 0.5) is 0 Å². The second-order valence-corrected chi connectivity index (χ2v) is 10.00. The minimum atomic E-state index is -3.93. The van der Waals surface area contributed by atoms with Gasteiger partial charge >= 0.3 is 0 Å². The molecular formula is C22H21BrN4O3S. The molecule has 0 saturated heterocycles. The van der Waals surface area contributed by atoms with Gasteiger partial charge in [-0.15, -0.1) is 0 Å². The van der Waals surface area contributed by atoms with Gasteiger partial charge in [0.05, 0.1) is 10.6 Å². The van der Waals surface area contributed by atoms with Gasteiger partial charge < -0.3 is 4.98 Å². The van der Waals surface area contributed by atoms with E-state index in [0.29, 0.717) is 11.4 Å². The molecule has 0 amide bonds. The zero-order chi connectivity index (χ0) is 22.2. The first-order valence-corrected chi connectivity index (χ1v) is 11.9. The summed E-state index contributed by atoms with van der Waals surface area (Å²) in [4.78, 5) is 16.6. The summed E-state index contributed by atoms with van der Waals surface area (Å²) in [5, 5.41) is 5.20. The van der Waals surface area contributed by atoms with Crippen LogP contribution in [-0.4, -0.2) is 35.1 Å². The normalized spacial score (nSPS) is 12.9. The minimum Gasteiger partial charge on any atom is -0.361 e. The molecule has 0 aliphatic heterocycles. The highest BCUT2D eigenvalue weighted by atomic mass is 79.9. The van der Waals surface area contributed by atoms with Crippen LogP contribution in [-0.2, 0) is 16.4 Å². The molecule has 0 aliphatic rings. The number of sulfonamides is 1. The van der Waals surface area contributed by atoms with Gasteiger partial charge in [0.1, 0.15) is 6.04 Å². The van der Waals surface area contributed by atoms with Gasteiger partial charge in [-0.05, 0) is 62.2 Å². The number of para-hydroxylation sites is 1. The predicted octanol–water partition coefficient (Wildman–Crippen LogP) is 3.97. The molecule has 2 aromatic heterocycles. The number of halogens is 1. The first-order valence-electron chi connectivity index (χ1n) is 9.65. The second-order valence-electron chi connectivity index (χ2n) is 7.37. The van der Waals surface area contributed by atoms with Crippen molar-refractivity contribution in [2.45, 2.75) is 31.2 Å². The van der Waals surface area contributed by atoms with E-state index in [4.69, 9.17) is 0 Å². The first kappa shape index (κ1) is 21.5. The highest BCUT2D eigenvalue weighted by molar-refractivity contribution is 9.10. The van der Waals surface area contributed by atoms with Crippen LogP contribution in [0.25, 0.3) is 10.9 Å². The number of rotatable bonds is 6. The number of fused-ring (bicyclic) bond motifs is 1. The van der Waals surface area contributed by atoms with Crippen LogP contribution in [0.1, 0.15) is 21.7 Å². The van der Waals surface area contributed by atoms with Crippen molar-refractivity contribution in [3.05, 3.63) is 82.2 Å². The Balaban J connectivity index is 1.72. The van der Waals surface area contributed by atoms with Crippen LogP contribution in [0.2, 0.25) is 0 Å². The summed E-state index contributed by atoms with van der Waals surface area (Å²) in [6, 6.07) is 14.7. The summed E-state index contributed by atoms with van der Waals surface area (Å²) in [5.74, 6) is -0.434. The second kappa shape index (κ2) is 8.41. The van der Waals surface area contributed by atoms with Crippen molar-refractivity contribution in [3.63, 3.8) is 0 Å². The fourth-order valence-electron chi connectivity index (χ4n) is 3.57. The van der Waals surface area contributed by atoms with Crippen molar-refractivity contribution in [3.8, 4) is 0 Å². The van der Waals surface area contributed by atoms with Gasteiger partial charge in [0.2, 0.25) is 10.0 Å². The number of aryl methyl sites for hydroxylation is 2. The van der Waals surface area contributed by atoms with Crippen LogP contribution in [0.15, 0.2) is 70.2 Å². The summed E-state index contributed by atoms with van der Waals surface area (Å²) in [6.07, 6.45) is 1.98. The topological polar surface area (TPSA) is 96.9 Å². The fraction of sp³-hybridized carbons (Fsp3) is 0.182. The summed E-state index contributed by atoms with van der Waals surface area (Å²) in [7, 11) is -3.93. The highest BCUT2D eigenvalue weighted by Gasteiger charge is 2.29. The Bertz CT molecular complexity index is 1360. The molecule has 2 heterocycles. The number of aromatic nitrogens is 3. The largest absolute Gasteiger partial charge is 0.361 e. The molecular weight excluding hydrogens is 480 g/mol. The van der Waals surface area contributed by atoms with E-state index < -0.39 is 22.0 Å². The molecule has 160 valence electrons. The Morgan fingerprint density at radius 1 is 1.16 bits per heavy atom. The zero-order valence-corrected chi connectivity index (χ0v) is 19.4. The molecule has 2 N–H and O–H groups in total.